The summed E-state index contributed by atoms with van der Waals surface area (Å²) in [7, 11) is 0. The molecule has 0 aliphatic carbocycles. The first-order chi connectivity index (χ1) is 10.9. The Morgan fingerprint density at radius 1 is 1.43 bits per heavy atom. The van der Waals surface area contributed by atoms with E-state index >= 15 is 0 Å². The maximum Gasteiger partial charge on any atom is 0.387 e. The van der Waals surface area contributed by atoms with E-state index in [1.165, 1.54) is 23.1 Å². The predicted molar refractivity (Wildman–Crippen MR) is 80.6 cm³/mol. The third kappa shape index (κ3) is 4.69. The standard InChI is InChI=1S/C14H16ClF2N3O3/c15-10-4-3-9(6-11(10)23-13(16)17)19-14(22)20-5-1-2-8(7-20)12(18)21/h3-4,6,8,13H,1-2,5,7H2,(H2,18,21)(H,19,22). The lowest BCUT2D eigenvalue weighted by molar-refractivity contribution is -0.123. The molecule has 1 aromatic rings. The molecule has 2 rings (SSSR count). The smallest absolute Gasteiger partial charge is 0.387 e. The van der Waals surface area contributed by atoms with Crippen molar-refractivity contribution in [3.63, 3.8) is 0 Å². The number of likely N-dealkylation sites (tertiary alicyclic amines) is 1. The van der Waals surface area contributed by atoms with E-state index < -0.39 is 18.5 Å². The predicted octanol–water partition coefficient (Wildman–Crippen LogP) is 2.67. The van der Waals surface area contributed by atoms with E-state index in [1.807, 2.05) is 0 Å². The molecule has 0 bridgehead atoms. The highest BCUT2D eigenvalue weighted by atomic mass is 35.5. The molecule has 1 unspecified atom stereocenters. The lowest BCUT2D eigenvalue weighted by atomic mass is 9.98. The minimum absolute atomic E-state index is 0.00932. The van der Waals surface area contributed by atoms with Gasteiger partial charge in [0.1, 0.15) is 5.75 Å². The molecule has 0 saturated carbocycles. The van der Waals surface area contributed by atoms with Gasteiger partial charge >= 0.3 is 12.6 Å². The largest absolute Gasteiger partial charge is 0.433 e. The maximum atomic E-state index is 12.3. The van der Waals surface area contributed by atoms with Crippen LogP contribution in [0.3, 0.4) is 0 Å². The number of carbonyl (C=O) groups is 2. The number of nitrogens with zero attached hydrogens (tertiary/aromatic N) is 1. The van der Waals surface area contributed by atoms with Crippen LogP contribution in [0.4, 0.5) is 19.3 Å². The second-order valence-corrected chi connectivity index (χ2v) is 5.55. The number of amides is 3. The van der Waals surface area contributed by atoms with Crippen molar-refractivity contribution in [2.45, 2.75) is 19.5 Å². The van der Waals surface area contributed by atoms with E-state index in [-0.39, 0.29) is 28.9 Å². The molecule has 1 atom stereocenters. The van der Waals surface area contributed by atoms with Crippen molar-refractivity contribution in [3.05, 3.63) is 23.2 Å². The van der Waals surface area contributed by atoms with Gasteiger partial charge in [-0.1, -0.05) is 11.6 Å². The van der Waals surface area contributed by atoms with Crippen LogP contribution < -0.4 is 15.8 Å². The van der Waals surface area contributed by atoms with Crippen molar-refractivity contribution >= 4 is 29.2 Å². The lowest BCUT2D eigenvalue weighted by Crippen LogP contribution is -2.45. The molecular formula is C14H16ClF2N3O3. The highest BCUT2D eigenvalue weighted by Gasteiger charge is 2.27. The highest BCUT2D eigenvalue weighted by Crippen LogP contribution is 2.29. The van der Waals surface area contributed by atoms with Gasteiger partial charge < -0.3 is 20.7 Å². The normalized spacial score (nSPS) is 17.9. The molecule has 1 heterocycles. The van der Waals surface area contributed by atoms with Crippen molar-refractivity contribution < 1.29 is 23.1 Å². The first-order valence-corrected chi connectivity index (χ1v) is 7.34. The molecule has 23 heavy (non-hydrogen) atoms. The van der Waals surface area contributed by atoms with Crippen LogP contribution in [0, 0.1) is 5.92 Å². The Bertz CT molecular complexity index is 601. The SMILES string of the molecule is NC(=O)C1CCCN(C(=O)Nc2ccc(Cl)c(OC(F)F)c2)C1. The molecule has 126 valence electrons. The summed E-state index contributed by atoms with van der Waals surface area (Å²) in [5, 5.41) is 2.57. The number of urea groups is 1. The fraction of sp³-hybridized carbons (Fsp3) is 0.429. The summed E-state index contributed by atoms with van der Waals surface area (Å²) in [5.74, 6) is -1.05. The van der Waals surface area contributed by atoms with Gasteiger partial charge in [0, 0.05) is 24.8 Å². The minimum Gasteiger partial charge on any atom is -0.433 e. The van der Waals surface area contributed by atoms with Crippen LogP contribution in [0.5, 0.6) is 5.75 Å². The monoisotopic (exact) mass is 347 g/mol. The average Bonchev–Trinajstić information content (AvgIpc) is 2.50. The van der Waals surface area contributed by atoms with Crippen LogP contribution in [0.25, 0.3) is 0 Å². The number of hydrogen-bond donors (Lipinski definition) is 2. The van der Waals surface area contributed by atoms with Gasteiger partial charge in [0.25, 0.3) is 0 Å². The molecule has 9 heteroatoms. The van der Waals surface area contributed by atoms with Gasteiger partial charge in [0.15, 0.2) is 0 Å². The number of carbonyl (C=O) groups excluding carboxylic acids is 2. The van der Waals surface area contributed by atoms with Gasteiger partial charge in [-0.25, -0.2) is 4.79 Å². The van der Waals surface area contributed by atoms with Gasteiger partial charge in [-0.2, -0.15) is 8.78 Å². The third-order valence-corrected chi connectivity index (χ3v) is 3.82. The Hall–Kier alpha value is -2.09. The molecule has 0 spiro atoms. The Morgan fingerprint density at radius 3 is 2.83 bits per heavy atom. The van der Waals surface area contributed by atoms with Gasteiger partial charge in [0.05, 0.1) is 10.9 Å². The Labute approximate surface area is 136 Å². The average molecular weight is 348 g/mol. The second kappa shape index (κ2) is 7.45. The first-order valence-electron chi connectivity index (χ1n) is 6.96. The number of nitrogens with one attached hydrogen (secondary N) is 1. The summed E-state index contributed by atoms with van der Waals surface area (Å²) in [6.45, 7) is -2.30. The summed E-state index contributed by atoms with van der Waals surface area (Å²) in [6.07, 6.45) is 1.31. The molecule has 1 aliphatic rings. The number of piperidine rings is 1. The lowest BCUT2D eigenvalue weighted by Gasteiger charge is -2.31. The number of halogens is 3. The quantitative estimate of drug-likeness (QED) is 0.878. The number of alkyl halides is 2. The van der Waals surface area contributed by atoms with Crippen LogP contribution in [0.2, 0.25) is 5.02 Å². The molecule has 1 aliphatic heterocycles. The van der Waals surface area contributed by atoms with Crippen molar-refractivity contribution in [1.82, 2.24) is 4.90 Å². The minimum atomic E-state index is -3.02. The number of primary amides is 1. The zero-order valence-corrected chi connectivity index (χ0v) is 12.9. The van der Waals surface area contributed by atoms with Crippen molar-refractivity contribution in [1.29, 1.82) is 0 Å². The number of rotatable bonds is 4. The van der Waals surface area contributed by atoms with Crippen LogP contribution in [-0.2, 0) is 4.79 Å². The van der Waals surface area contributed by atoms with Crippen LogP contribution >= 0.6 is 11.6 Å². The van der Waals surface area contributed by atoms with E-state index in [4.69, 9.17) is 17.3 Å². The number of nitrogens with two attached hydrogens (primary N) is 1. The van der Waals surface area contributed by atoms with Gasteiger partial charge in [-0.05, 0) is 25.0 Å². The molecular weight excluding hydrogens is 332 g/mol. The Balaban J connectivity index is 2.03. The number of benzene rings is 1. The summed E-state index contributed by atoms with van der Waals surface area (Å²) in [4.78, 5) is 24.9. The van der Waals surface area contributed by atoms with Crippen LogP contribution in [-0.4, -0.2) is 36.5 Å². The van der Waals surface area contributed by atoms with E-state index in [9.17, 15) is 18.4 Å². The first kappa shape index (κ1) is 17.3. The van der Waals surface area contributed by atoms with Crippen LogP contribution in [0.15, 0.2) is 18.2 Å². The summed E-state index contributed by atoms with van der Waals surface area (Å²) < 4.78 is 28.8. The highest BCUT2D eigenvalue weighted by molar-refractivity contribution is 6.32. The Morgan fingerprint density at radius 2 is 2.17 bits per heavy atom. The fourth-order valence-corrected chi connectivity index (χ4v) is 2.53. The summed E-state index contributed by atoms with van der Waals surface area (Å²) >= 11 is 5.75. The van der Waals surface area contributed by atoms with Gasteiger partial charge in [-0.15, -0.1) is 0 Å². The van der Waals surface area contributed by atoms with Crippen molar-refractivity contribution in [3.8, 4) is 5.75 Å². The summed E-state index contributed by atoms with van der Waals surface area (Å²) in [5.41, 5.74) is 5.53. The molecule has 0 radical (unpaired) electrons. The topological polar surface area (TPSA) is 84.7 Å². The third-order valence-electron chi connectivity index (χ3n) is 3.51. The van der Waals surface area contributed by atoms with Crippen LogP contribution in [0.1, 0.15) is 12.8 Å². The number of anilines is 1. The van der Waals surface area contributed by atoms with E-state index in [2.05, 4.69) is 10.1 Å². The molecule has 1 aromatic carbocycles. The molecule has 6 nitrogen and oxygen atoms in total. The molecule has 3 N–H and O–H groups in total. The second-order valence-electron chi connectivity index (χ2n) is 5.14. The van der Waals surface area contributed by atoms with E-state index in [1.54, 1.807) is 0 Å². The Kier molecular flexibility index (Phi) is 5.59. The number of hydrogen-bond acceptors (Lipinski definition) is 3. The zero-order chi connectivity index (χ0) is 17.0. The molecule has 0 aromatic heterocycles. The van der Waals surface area contributed by atoms with Gasteiger partial charge in [-0.3, -0.25) is 4.79 Å². The maximum absolute atomic E-state index is 12.3. The zero-order valence-electron chi connectivity index (χ0n) is 12.1. The molecule has 1 fully saturated rings. The number of ether oxygens (including phenoxy) is 1. The summed E-state index contributed by atoms with van der Waals surface area (Å²) in [6, 6.07) is 3.58. The molecule has 3 amide bonds. The van der Waals surface area contributed by atoms with Crippen molar-refractivity contribution in [2.24, 2.45) is 11.7 Å². The van der Waals surface area contributed by atoms with E-state index in [0.717, 1.165) is 0 Å². The van der Waals surface area contributed by atoms with Gasteiger partial charge in [0.2, 0.25) is 5.91 Å². The van der Waals surface area contributed by atoms with E-state index in [0.29, 0.717) is 19.4 Å². The molecule has 1 saturated heterocycles. The fourth-order valence-electron chi connectivity index (χ4n) is 2.36. The van der Waals surface area contributed by atoms with Crippen molar-refractivity contribution in [2.75, 3.05) is 18.4 Å².